The zero-order chi connectivity index (χ0) is 15.3. The van der Waals surface area contributed by atoms with Gasteiger partial charge in [-0.3, -0.25) is 0 Å². The van der Waals surface area contributed by atoms with Crippen LogP contribution in [0.4, 0.5) is 8.78 Å². The summed E-state index contributed by atoms with van der Waals surface area (Å²) in [6, 6.07) is 3.11. The lowest BCUT2D eigenvalue weighted by atomic mass is 10.2. The Kier molecular flexibility index (Phi) is 3.43. The summed E-state index contributed by atoms with van der Waals surface area (Å²) < 4.78 is 27.1. The highest BCUT2D eigenvalue weighted by molar-refractivity contribution is 6.38. The van der Waals surface area contributed by atoms with Gasteiger partial charge in [0.05, 0.1) is 26.1 Å². The van der Waals surface area contributed by atoms with Crippen molar-refractivity contribution in [2.75, 3.05) is 0 Å². The molecule has 8 heteroatoms. The molecule has 0 bridgehead atoms. The van der Waals surface area contributed by atoms with Gasteiger partial charge in [-0.1, -0.05) is 34.8 Å². The number of hydrogen-bond donors (Lipinski definition) is 2. The second-order valence-corrected chi connectivity index (χ2v) is 5.47. The van der Waals surface area contributed by atoms with Crippen LogP contribution >= 0.6 is 34.8 Å². The van der Waals surface area contributed by atoms with E-state index in [0.717, 1.165) is 12.1 Å². The molecule has 2 N–H and O–H groups in total. The van der Waals surface area contributed by atoms with E-state index < -0.39 is 17.4 Å². The lowest BCUT2D eigenvalue weighted by molar-refractivity contribution is 0.471. The molecule has 1 aromatic heterocycles. The number of benzene rings is 2. The smallest absolute Gasteiger partial charge is 0.169 e. The SMILES string of the molecule is Oc1cc(F)cc(Cl)c1-c1nc2c(F)c(Cl)cc(Cl)c2[nH]1. The third kappa shape index (κ3) is 2.31. The lowest BCUT2D eigenvalue weighted by Gasteiger charge is -2.04. The summed E-state index contributed by atoms with van der Waals surface area (Å²) in [5.41, 5.74) is 0.150. The summed E-state index contributed by atoms with van der Waals surface area (Å²) in [6.45, 7) is 0. The molecule has 3 nitrogen and oxygen atoms in total. The maximum absolute atomic E-state index is 13.9. The Labute approximate surface area is 132 Å². The van der Waals surface area contributed by atoms with Gasteiger partial charge in [0.2, 0.25) is 0 Å². The molecule has 3 aromatic rings. The summed E-state index contributed by atoms with van der Waals surface area (Å²) in [5.74, 6) is -1.84. The van der Waals surface area contributed by atoms with Crippen LogP contribution in [0.1, 0.15) is 0 Å². The highest BCUT2D eigenvalue weighted by Gasteiger charge is 2.19. The normalized spacial score (nSPS) is 11.3. The molecule has 21 heavy (non-hydrogen) atoms. The number of imidazole rings is 1. The number of phenols is 1. The van der Waals surface area contributed by atoms with E-state index in [-0.39, 0.29) is 37.5 Å². The second-order valence-electron chi connectivity index (χ2n) is 4.24. The van der Waals surface area contributed by atoms with Crippen molar-refractivity contribution in [3.05, 3.63) is 44.9 Å². The average molecular weight is 350 g/mol. The third-order valence-corrected chi connectivity index (χ3v) is 3.76. The summed E-state index contributed by atoms with van der Waals surface area (Å²) in [4.78, 5) is 6.73. The molecule has 0 saturated carbocycles. The summed E-state index contributed by atoms with van der Waals surface area (Å²) in [7, 11) is 0. The van der Waals surface area contributed by atoms with Crippen LogP contribution in [-0.2, 0) is 0 Å². The molecule has 0 aliphatic rings. The first-order valence-electron chi connectivity index (χ1n) is 5.60. The summed E-state index contributed by atoms with van der Waals surface area (Å²) in [5, 5.41) is 9.71. The average Bonchev–Trinajstić information content (AvgIpc) is 2.80. The zero-order valence-corrected chi connectivity index (χ0v) is 12.3. The van der Waals surface area contributed by atoms with Crippen molar-refractivity contribution in [3.63, 3.8) is 0 Å². The Morgan fingerprint density at radius 1 is 1.00 bits per heavy atom. The molecule has 2 aromatic carbocycles. The van der Waals surface area contributed by atoms with E-state index in [4.69, 9.17) is 34.8 Å². The Balaban J connectivity index is 2.33. The van der Waals surface area contributed by atoms with E-state index in [9.17, 15) is 13.9 Å². The van der Waals surface area contributed by atoms with Crippen molar-refractivity contribution in [1.82, 2.24) is 9.97 Å². The van der Waals surface area contributed by atoms with Crippen molar-refractivity contribution in [1.29, 1.82) is 0 Å². The van der Waals surface area contributed by atoms with Crippen LogP contribution in [0.5, 0.6) is 5.75 Å². The number of rotatable bonds is 1. The van der Waals surface area contributed by atoms with Crippen molar-refractivity contribution >= 4 is 45.8 Å². The molecule has 3 rings (SSSR count). The molecular weight excluding hydrogens is 345 g/mol. The molecule has 0 fully saturated rings. The number of nitrogens with zero attached hydrogens (tertiary/aromatic N) is 1. The standard InChI is InChI=1S/C13H5Cl3F2N2O/c14-5-1-4(17)2-8(21)9(5)13-19-11-7(16)3-6(15)10(18)12(11)20-13/h1-3,21H,(H,19,20). The molecular formula is C13H5Cl3F2N2O. The first-order valence-corrected chi connectivity index (χ1v) is 6.73. The molecule has 0 spiro atoms. The van der Waals surface area contributed by atoms with E-state index in [1.165, 1.54) is 6.07 Å². The zero-order valence-electron chi connectivity index (χ0n) is 10.0. The number of fused-ring (bicyclic) bond motifs is 1. The van der Waals surface area contributed by atoms with Crippen LogP contribution in [0.2, 0.25) is 15.1 Å². The number of aromatic hydroxyl groups is 1. The topological polar surface area (TPSA) is 48.9 Å². The maximum Gasteiger partial charge on any atom is 0.169 e. The van der Waals surface area contributed by atoms with Gasteiger partial charge in [0.15, 0.2) is 5.82 Å². The van der Waals surface area contributed by atoms with E-state index in [1.807, 2.05) is 0 Å². The van der Waals surface area contributed by atoms with Gasteiger partial charge < -0.3 is 10.1 Å². The molecule has 0 aliphatic heterocycles. The van der Waals surface area contributed by atoms with Gasteiger partial charge in [-0.15, -0.1) is 0 Å². The number of H-pyrrole nitrogens is 1. The van der Waals surface area contributed by atoms with Gasteiger partial charge in [-0.25, -0.2) is 13.8 Å². The van der Waals surface area contributed by atoms with Crippen LogP contribution < -0.4 is 0 Å². The van der Waals surface area contributed by atoms with Gasteiger partial charge in [-0.2, -0.15) is 0 Å². The highest BCUT2D eigenvalue weighted by Crippen LogP contribution is 2.38. The predicted molar refractivity (Wildman–Crippen MR) is 78.1 cm³/mol. The fourth-order valence-electron chi connectivity index (χ4n) is 1.98. The van der Waals surface area contributed by atoms with Crippen LogP contribution in [0.25, 0.3) is 22.4 Å². The first kappa shape index (κ1) is 14.4. The number of aromatic nitrogens is 2. The fraction of sp³-hybridized carbons (Fsp3) is 0. The fourth-order valence-corrected chi connectivity index (χ4v) is 2.77. The third-order valence-electron chi connectivity index (χ3n) is 2.88. The van der Waals surface area contributed by atoms with Gasteiger partial charge in [0.25, 0.3) is 0 Å². The molecule has 1 heterocycles. The quantitative estimate of drug-likeness (QED) is 0.595. The van der Waals surface area contributed by atoms with E-state index >= 15 is 0 Å². The molecule has 0 aliphatic carbocycles. The van der Waals surface area contributed by atoms with Crippen molar-refractivity contribution in [2.45, 2.75) is 0 Å². The largest absolute Gasteiger partial charge is 0.507 e. The van der Waals surface area contributed by atoms with Crippen molar-refractivity contribution < 1.29 is 13.9 Å². The van der Waals surface area contributed by atoms with Crippen molar-refractivity contribution in [3.8, 4) is 17.1 Å². The lowest BCUT2D eigenvalue weighted by Crippen LogP contribution is -1.86. The highest BCUT2D eigenvalue weighted by atomic mass is 35.5. The predicted octanol–water partition coefficient (Wildman–Crippen LogP) is 5.17. The maximum atomic E-state index is 13.9. The number of halogens is 5. The minimum atomic E-state index is -0.753. The molecule has 0 unspecified atom stereocenters. The number of nitrogens with one attached hydrogen (secondary N) is 1. The summed E-state index contributed by atoms with van der Waals surface area (Å²) >= 11 is 17.6. The molecule has 0 amide bonds. The molecule has 108 valence electrons. The number of phenolic OH excluding ortho intramolecular Hbond substituents is 1. The number of aromatic amines is 1. The first-order chi connectivity index (χ1) is 9.88. The Hall–Kier alpha value is -1.56. The second kappa shape index (κ2) is 5.02. The molecule has 0 radical (unpaired) electrons. The summed E-state index contributed by atoms with van der Waals surface area (Å²) in [6.07, 6.45) is 0. The Bertz CT molecular complexity index is 856. The van der Waals surface area contributed by atoms with Crippen molar-refractivity contribution in [2.24, 2.45) is 0 Å². The van der Waals surface area contributed by atoms with Crippen LogP contribution in [0, 0.1) is 11.6 Å². The van der Waals surface area contributed by atoms with E-state index in [1.54, 1.807) is 0 Å². The molecule has 0 atom stereocenters. The Morgan fingerprint density at radius 2 is 1.71 bits per heavy atom. The van der Waals surface area contributed by atoms with Gasteiger partial charge in [0, 0.05) is 6.07 Å². The monoisotopic (exact) mass is 348 g/mol. The van der Waals surface area contributed by atoms with Gasteiger partial charge >= 0.3 is 0 Å². The Morgan fingerprint density at radius 3 is 2.38 bits per heavy atom. The van der Waals surface area contributed by atoms with Crippen LogP contribution in [0.3, 0.4) is 0 Å². The van der Waals surface area contributed by atoms with E-state index in [0.29, 0.717) is 0 Å². The van der Waals surface area contributed by atoms with E-state index in [2.05, 4.69) is 9.97 Å². The van der Waals surface area contributed by atoms with Crippen LogP contribution in [-0.4, -0.2) is 15.1 Å². The minimum absolute atomic E-state index is 0.0425. The van der Waals surface area contributed by atoms with Gasteiger partial charge in [0.1, 0.15) is 22.9 Å². The minimum Gasteiger partial charge on any atom is -0.507 e. The van der Waals surface area contributed by atoms with Crippen LogP contribution in [0.15, 0.2) is 18.2 Å². The molecule has 0 saturated heterocycles. The number of hydrogen-bond acceptors (Lipinski definition) is 2. The van der Waals surface area contributed by atoms with Gasteiger partial charge in [-0.05, 0) is 12.1 Å².